The summed E-state index contributed by atoms with van der Waals surface area (Å²) >= 11 is 0. The first kappa shape index (κ1) is 9.54. The Balaban J connectivity index is 2.94. The van der Waals surface area contributed by atoms with E-state index in [1.807, 2.05) is 0 Å². The van der Waals surface area contributed by atoms with Crippen LogP contribution in [0.5, 0.6) is 5.75 Å². The molecule has 0 amide bonds. The molecule has 0 unspecified atom stereocenters. The largest absolute Gasteiger partial charge is 0.508 e. The number of phenolic OH excluding ortho intramolecular Hbond substituents is 1. The summed E-state index contributed by atoms with van der Waals surface area (Å²) in [7, 11) is 0. The third-order valence-electron chi connectivity index (χ3n) is 2.43. The monoisotopic (exact) mass is 200 g/mol. The van der Waals surface area contributed by atoms with Gasteiger partial charge in [0.25, 0.3) is 0 Å². The number of rotatable bonds is 0. The van der Waals surface area contributed by atoms with Crippen LogP contribution in [0, 0.1) is 25.1 Å². The molecular formula is C13H9FO. The maximum Gasteiger partial charge on any atom is 0.139 e. The van der Waals surface area contributed by atoms with Gasteiger partial charge in [0, 0.05) is 5.39 Å². The highest BCUT2D eigenvalue weighted by atomic mass is 19.1. The maximum atomic E-state index is 13.3. The highest BCUT2D eigenvalue weighted by molar-refractivity contribution is 5.90. The maximum absolute atomic E-state index is 13.3. The number of aromatic hydroxyl groups is 1. The summed E-state index contributed by atoms with van der Waals surface area (Å²) in [6, 6.07) is 6.20. The number of aryl methyl sites for hydroxylation is 1. The van der Waals surface area contributed by atoms with Gasteiger partial charge in [0.05, 0.1) is 5.56 Å². The lowest BCUT2D eigenvalue weighted by atomic mass is 10.0. The van der Waals surface area contributed by atoms with Gasteiger partial charge in [-0.1, -0.05) is 12.0 Å². The van der Waals surface area contributed by atoms with Crippen LogP contribution >= 0.6 is 0 Å². The van der Waals surface area contributed by atoms with Crippen molar-refractivity contribution >= 4 is 10.8 Å². The Morgan fingerprint density at radius 1 is 1.33 bits per heavy atom. The van der Waals surface area contributed by atoms with E-state index in [1.54, 1.807) is 25.1 Å². The van der Waals surface area contributed by atoms with Crippen molar-refractivity contribution in [3.63, 3.8) is 0 Å². The molecule has 74 valence electrons. The Kier molecular flexibility index (Phi) is 2.09. The molecule has 2 heteroatoms. The van der Waals surface area contributed by atoms with E-state index in [1.165, 1.54) is 6.07 Å². The summed E-state index contributed by atoms with van der Waals surface area (Å²) in [6.45, 7) is 1.75. The fourth-order valence-electron chi connectivity index (χ4n) is 1.59. The minimum atomic E-state index is -0.407. The average molecular weight is 200 g/mol. The number of halogens is 1. The van der Waals surface area contributed by atoms with Crippen molar-refractivity contribution in [3.8, 4) is 18.1 Å². The number of hydrogen-bond donors (Lipinski definition) is 1. The fourth-order valence-corrected chi connectivity index (χ4v) is 1.59. The van der Waals surface area contributed by atoms with Gasteiger partial charge < -0.3 is 5.11 Å². The molecule has 2 aromatic carbocycles. The first-order valence-electron chi connectivity index (χ1n) is 4.52. The third kappa shape index (κ3) is 1.42. The lowest BCUT2D eigenvalue weighted by molar-refractivity contribution is 0.472. The molecule has 0 saturated carbocycles. The highest BCUT2D eigenvalue weighted by Crippen LogP contribution is 2.27. The predicted octanol–water partition coefficient (Wildman–Crippen LogP) is 2.97. The van der Waals surface area contributed by atoms with Gasteiger partial charge in [0.1, 0.15) is 11.6 Å². The van der Waals surface area contributed by atoms with Crippen LogP contribution in [0.2, 0.25) is 0 Å². The van der Waals surface area contributed by atoms with Crippen molar-refractivity contribution in [1.29, 1.82) is 0 Å². The summed E-state index contributed by atoms with van der Waals surface area (Å²) in [5.41, 5.74) is 0.931. The van der Waals surface area contributed by atoms with Crippen molar-refractivity contribution < 1.29 is 9.50 Å². The van der Waals surface area contributed by atoms with Crippen molar-refractivity contribution in [1.82, 2.24) is 0 Å². The van der Waals surface area contributed by atoms with Crippen LogP contribution in [0.15, 0.2) is 24.3 Å². The van der Waals surface area contributed by atoms with Crippen LogP contribution in [0.1, 0.15) is 11.1 Å². The van der Waals surface area contributed by atoms with Gasteiger partial charge in [-0.25, -0.2) is 4.39 Å². The topological polar surface area (TPSA) is 20.2 Å². The van der Waals surface area contributed by atoms with Gasteiger partial charge in [-0.15, -0.1) is 6.42 Å². The molecule has 0 atom stereocenters. The minimum Gasteiger partial charge on any atom is -0.508 e. The SMILES string of the molecule is C#Cc1c(F)ccc2cc(O)c(C)cc12. The first-order chi connectivity index (χ1) is 7.13. The third-order valence-corrected chi connectivity index (χ3v) is 2.43. The Bertz CT molecular complexity index is 579. The van der Waals surface area contributed by atoms with Crippen LogP contribution < -0.4 is 0 Å². The van der Waals surface area contributed by atoms with Crippen LogP contribution in [0.25, 0.3) is 10.8 Å². The zero-order valence-electron chi connectivity index (χ0n) is 8.21. The second-order valence-electron chi connectivity index (χ2n) is 3.43. The molecular weight excluding hydrogens is 191 g/mol. The van der Waals surface area contributed by atoms with Crippen molar-refractivity contribution in [2.24, 2.45) is 0 Å². The number of phenols is 1. The summed E-state index contributed by atoms with van der Waals surface area (Å²) < 4.78 is 13.3. The zero-order chi connectivity index (χ0) is 11.0. The molecule has 0 fully saturated rings. The normalized spacial score (nSPS) is 10.2. The second kappa shape index (κ2) is 3.29. The molecule has 1 N–H and O–H groups in total. The molecule has 1 nitrogen and oxygen atoms in total. The number of hydrogen-bond acceptors (Lipinski definition) is 1. The van der Waals surface area contributed by atoms with Crippen LogP contribution in [-0.4, -0.2) is 5.11 Å². The minimum absolute atomic E-state index is 0.192. The lowest BCUT2D eigenvalue weighted by Gasteiger charge is -2.05. The standard InChI is InChI=1S/C13H9FO/c1-3-10-11-6-8(2)13(15)7-9(11)4-5-12(10)14/h1,4-7,15H,2H3. The molecule has 0 bridgehead atoms. The number of fused-ring (bicyclic) bond motifs is 1. The molecule has 0 aliphatic carbocycles. The van der Waals surface area contributed by atoms with Crippen LogP contribution in [0.3, 0.4) is 0 Å². The molecule has 15 heavy (non-hydrogen) atoms. The van der Waals surface area contributed by atoms with Gasteiger partial charge >= 0.3 is 0 Å². The molecule has 0 saturated heterocycles. The predicted molar refractivity (Wildman–Crippen MR) is 58.2 cm³/mol. The Morgan fingerprint density at radius 2 is 2.07 bits per heavy atom. The number of benzene rings is 2. The zero-order valence-corrected chi connectivity index (χ0v) is 8.21. The van der Waals surface area contributed by atoms with Gasteiger partial charge in [0.2, 0.25) is 0 Å². The van der Waals surface area contributed by atoms with E-state index in [-0.39, 0.29) is 11.3 Å². The summed E-state index contributed by atoms with van der Waals surface area (Å²) in [5, 5.41) is 10.9. The second-order valence-corrected chi connectivity index (χ2v) is 3.43. The Hall–Kier alpha value is -2.01. The summed E-state index contributed by atoms with van der Waals surface area (Å²) in [5.74, 6) is 2.11. The molecule has 0 aliphatic rings. The summed E-state index contributed by atoms with van der Waals surface area (Å²) in [6.07, 6.45) is 5.25. The van der Waals surface area contributed by atoms with E-state index in [0.29, 0.717) is 10.9 Å². The van der Waals surface area contributed by atoms with E-state index in [0.717, 1.165) is 5.39 Å². The first-order valence-corrected chi connectivity index (χ1v) is 4.52. The van der Waals surface area contributed by atoms with E-state index >= 15 is 0 Å². The molecule has 2 rings (SSSR count). The quantitative estimate of drug-likeness (QED) is 0.648. The lowest BCUT2D eigenvalue weighted by Crippen LogP contribution is -1.87. The van der Waals surface area contributed by atoms with Gasteiger partial charge in [-0.05, 0) is 36.1 Å². The van der Waals surface area contributed by atoms with Crippen LogP contribution in [-0.2, 0) is 0 Å². The van der Waals surface area contributed by atoms with Gasteiger partial charge in [-0.2, -0.15) is 0 Å². The molecule has 0 spiro atoms. The highest BCUT2D eigenvalue weighted by Gasteiger charge is 2.07. The molecule has 0 aliphatic heterocycles. The summed E-state index contributed by atoms with van der Waals surface area (Å²) in [4.78, 5) is 0. The Labute approximate surface area is 87.2 Å². The molecule has 2 aromatic rings. The van der Waals surface area contributed by atoms with E-state index in [9.17, 15) is 9.50 Å². The van der Waals surface area contributed by atoms with Crippen molar-refractivity contribution in [2.45, 2.75) is 6.92 Å². The Morgan fingerprint density at radius 3 is 2.73 bits per heavy atom. The van der Waals surface area contributed by atoms with Crippen LogP contribution in [0.4, 0.5) is 4.39 Å². The van der Waals surface area contributed by atoms with E-state index in [4.69, 9.17) is 6.42 Å². The average Bonchev–Trinajstić information content (AvgIpc) is 2.21. The van der Waals surface area contributed by atoms with Gasteiger partial charge in [-0.3, -0.25) is 0 Å². The smallest absolute Gasteiger partial charge is 0.139 e. The fraction of sp³-hybridized carbons (Fsp3) is 0.0769. The molecule has 0 radical (unpaired) electrons. The molecule has 0 heterocycles. The van der Waals surface area contributed by atoms with Crippen molar-refractivity contribution in [2.75, 3.05) is 0 Å². The van der Waals surface area contributed by atoms with Crippen molar-refractivity contribution in [3.05, 3.63) is 41.2 Å². The van der Waals surface area contributed by atoms with E-state index < -0.39 is 5.82 Å². The molecule has 0 aromatic heterocycles. The van der Waals surface area contributed by atoms with Gasteiger partial charge in [0.15, 0.2) is 0 Å². The number of terminal acetylenes is 1. The van der Waals surface area contributed by atoms with E-state index in [2.05, 4.69) is 5.92 Å².